The largest absolute Gasteiger partial charge is 0.486 e. The maximum atomic E-state index is 13.3. The van der Waals surface area contributed by atoms with Crippen LogP contribution in [0.15, 0.2) is 52.7 Å². The highest BCUT2D eigenvalue weighted by atomic mass is 32.2. The Bertz CT molecular complexity index is 1140. The van der Waals surface area contributed by atoms with Crippen molar-refractivity contribution in [2.75, 3.05) is 19.8 Å². The van der Waals surface area contributed by atoms with Crippen LogP contribution in [0.2, 0.25) is 0 Å². The summed E-state index contributed by atoms with van der Waals surface area (Å²) < 4.78 is 11.5. The molecule has 1 saturated carbocycles. The van der Waals surface area contributed by atoms with Gasteiger partial charge in [-0.1, -0.05) is 31.0 Å². The van der Waals surface area contributed by atoms with Crippen molar-refractivity contribution in [3.05, 3.63) is 69.7 Å². The van der Waals surface area contributed by atoms with Gasteiger partial charge in [-0.05, 0) is 49.6 Å². The van der Waals surface area contributed by atoms with Crippen LogP contribution in [0.3, 0.4) is 0 Å². The number of rotatable bonds is 7. The summed E-state index contributed by atoms with van der Waals surface area (Å²) in [5.74, 6) is 2.37. The smallest absolute Gasteiger partial charge is 0.252 e. The van der Waals surface area contributed by atoms with E-state index in [9.17, 15) is 4.79 Å². The van der Waals surface area contributed by atoms with Crippen LogP contribution in [-0.2, 0) is 11.2 Å². The SMILES string of the molecule is Cc1nc(CSc2ccccc2C(=O)NCC2(c3ccc4c(c3)OCCO4)CCCC2)cs1. The number of aryl methyl sites for hydroxylation is 1. The molecular weight excluding hydrogens is 452 g/mol. The maximum Gasteiger partial charge on any atom is 0.252 e. The fourth-order valence-corrected chi connectivity index (χ4v) is 6.40. The number of aromatic nitrogens is 1. The van der Waals surface area contributed by atoms with Crippen molar-refractivity contribution in [3.63, 3.8) is 0 Å². The minimum absolute atomic E-state index is 0.0172. The summed E-state index contributed by atoms with van der Waals surface area (Å²) in [4.78, 5) is 18.8. The summed E-state index contributed by atoms with van der Waals surface area (Å²) in [6.07, 6.45) is 4.46. The van der Waals surface area contributed by atoms with Gasteiger partial charge in [0.1, 0.15) is 13.2 Å². The van der Waals surface area contributed by atoms with Gasteiger partial charge in [0, 0.05) is 28.0 Å². The highest BCUT2D eigenvalue weighted by Crippen LogP contribution is 2.44. The monoisotopic (exact) mass is 480 g/mol. The number of carbonyl (C=O) groups excluding carboxylic acids is 1. The molecular formula is C26H28N2O3S2. The Morgan fingerprint density at radius 1 is 1.12 bits per heavy atom. The van der Waals surface area contributed by atoms with Gasteiger partial charge in [-0.25, -0.2) is 4.98 Å². The molecule has 0 unspecified atom stereocenters. The van der Waals surface area contributed by atoms with E-state index in [-0.39, 0.29) is 11.3 Å². The summed E-state index contributed by atoms with van der Waals surface area (Å²) in [5.41, 5.74) is 2.95. The number of benzene rings is 2. The van der Waals surface area contributed by atoms with Gasteiger partial charge in [-0.15, -0.1) is 23.1 Å². The quantitative estimate of drug-likeness (QED) is 0.436. The summed E-state index contributed by atoms with van der Waals surface area (Å²) in [7, 11) is 0. The lowest BCUT2D eigenvalue weighted by Crippen LogP contribution is -2.39. The van der Waals surface area contributed by atoms with Crippen molar-refractivity contribution >= 4 is 29.0 Å². The number of ether oxygens (including phenoxy) is 2. The van der Waals surface area contributed by atoms with Crippen molar-refractivity contribution in [2.45, 2.75) is 48.7 Å². The van der Waals surface area contributed by atoms with Crippen LogP contribution in [0.25, 0.3) is 0 Å². The molecule has 2 aromatic carbocycles. The second-order valence-corrected chi connectivity index (χ2v) is 10.8. The van der Waals surface area contributed by atoms with Gasteiger partial charge in [0.05, 0.1) is 16.3 Å². The van der Waals surface area contributed by atoms with E-state index in [2.05, 4.69) is 27.8 Å². The van der Waals surface area contributed by atoms with Gasteiger partial charge in [-0.3, -0.25) is 4.79 Å². The van der Waals surface area contributed by atoms with Gasteiger partial charge in [0.25, 0.3) is 5.91 Å². The number of hydrogen-bond donors (Lipinski definition) is 1. The zero-order valence-corrected chi connectivity index (χ0v) is 20.4. The number of fused-ring (bicyclic) bond motifs is 1. The van der Waals surface area contributed by atoms with E-state index in [1.165, 1.54) is 18.4 Å². The van der Waals surface area contributed by atoms with Crippen LogP contribution in [0.4, 0.5) is 0 Å². The van der Waals surface area contributed by atoms with E-state index in [0.717, 1.165) is 51.3 Å². The first kappa shape index (κ1) is 22.3. The highest BCUT2D eigenvalue weighted by molar-refractivity contribution is 7.98. The average Bonchev–Trinajstić information content (AvgIpc) is 3.51. The summed E-state index contributed by atoms with van der Waals surface area (Å²) in [5, 5.41) is 6.42. The third-order valence-electron chi connectivity index (χ3n) is 6.48. The second-order valence-electron chi connectivity index (χ2n) is 8.67. The number of amides is 1. The van der Waals surface area contributed by atoms with E-state index in [1.54, 1.807) is 23.1 Å². The fourth-order valence-electron chi connectivity index (χ4n) is 4.74. The molecule has 0 bridgehead atoms. The Morgan fingerprint density at radius 2 is 1.91 bits per heavy atom. The molecule has 1 N–H and O–H groups in total. The third-order valence-corrected chi connectivity index (χ3v) is 8.41. The zero-order valence-electron chi connectivity index (χ0n) is 18.8. The molecule has 172 valence electrons. The molecule has 7 heteroatoms. The zero-order chi connectivity index (χ0) is 22.7. The van der Waals surface area contributed by atoms with Gasteiger partial charge in [0.15, 0.2) is 11.5 Å². The van der Waals surface area contributed by atoms with Gasteiger partial charge >= 0.3 is 0 Å². The van der Waals surface area contributed by atoms with Crippen LogP contribution < -0.4 is 14.8 Å². The first-order valence-electron chi connectivity index (χ1n) is 11.4. The Labute approximate surface area is 202 Å². The maximum absolute atomic E-state index is 13.3. The van der Waals surface area contributed by atoms with E-state index < -0.39 is 0 Å². The molecule has 1 aromatic heterocycles. The molecule has 1 amide bonds. The number of carbonyl (C=O) groups is 1. The molecule has 0 radical (unpaired) electrons. The normalized spacial score (nSPS) is 16.5. The number of hydrogen-bond acceptors (Lipinski definition) is 6. The summed E-state index contributed by atoms with van der Waals surface area (Å²) in [6.45, 7) is 3.80. The molecule has 5 nitrogen and oxygen atoms in total. The van der Waals surface area contributed by atoms with Crippen molar-refractivity contribution in [1.82, 2.24) is 10.3 Å². The van der Waals surface area contributed by atoms with E-state index in [1.807, 2.05) is 37.3 Å². The van der Waals surface area contributed by atoms with Crippen molar-refractivity contribution in [3.8, 4) is 11.5 Å². The van der Waals surface area contributed by atoms with Gasteiger partial charge in [-0.2, -0.15) is 0 Å². The lowest BCUT2D eigenvalue weighted by molar-refractivity contribution is 0.0940. The standard InChI is InChI=1S/C26H28N2O3S2/c1-18-28-20(15-32-18)16-33-24-7-3-2-6-21(24)25(29)27-17-26(10-4-5-11-26)19-8-9-22-23(14-19)31-13-12-30-22/h2-3,6-9,14-15H,4-5,10-13,16-17H2,1H3,(H,27,29). The number of thioether (sulfide) groups is 1. The molecule has 0 atom stereocenters. The molecule has 1 aliphatic carbocycles. The van der Waals surface area contributed by atoms with Crippen LogP contribution in [0.5, 0.6) is 11.5 Å². The summed E-state index contributed by atoms with van der Waals surface area (Å²) >= 11 is 3.32. The molecule has 1 fully saturated rings. The van der Waals surface area contributed by atoms with Gasteiger partial charge in [0.2, 0.25) is 0 Å². The minimum atomic E-state index is -0.0638. The molecule has 5 rings (SSSR count). The second kappa shape index (κ2) is 9.77. The van der Waals surface area contributed by atoms with E-state index in [0.29, 0.717) is 19.8 Å². The van der Waals surface area contributed by atoms with Crippen LogP contribution in [0.1, 0.15) is 52.3 Å². The molecule has 0 spiro atoms. The third kappa shape index (κ3) is 4.89. The number of nitrogens with zero attached hydrogens (tertiary/aromatic N) is 1. The first-order chi connectivity index (χ1) is 16.1. The van der Waals surface area contributed by atoms with Crippen molar-refractivity contribution in [1.29, 1.82) is 0 Å². The Hall–Kier alpha value is -2.51. The Kier molecular flexibility index (Phi) is 6.60. The average molecular weight is 481 g/mol. The minimum Gasteiger partial charge on any atom is -0.486 e. The predicted molar refractivity (Wildman–Crippen MR) is 133 cm³/mol. The molecule has 2 aliphatic rings. The first-order valence-corrected chi connectivity index (χ1v) is 13.3. The van der Waals surface area contributed by atoms with Crippen LogP contribution >= 0.6 is 23.1 Å². The lowest BCUT2D eigenvalue weighted by Gasteiger charge is -2.31. The molecule has 2 heterocycles. The molecule has 1 aliphatic heterocycles. The van der Waals surface area contributed by atoms with Crippen LogP contribution in [0, 0.1) is 6.92 Å². The molecule has 33 heavy (non-hydrogen) atoms. The molecule has 3 aromatic rings. The van der Waals surface area contributed by atoms with Crippen molar-refractivity contribution in [2.24, 2.45) is 0 Å². The summed E-state index contributed by atoms with van der Waals surface area (Å²) in [6, 6.07) is 14.1. The highest BCUT2D eigenvalue weighted by Gasteiger charge is 2.37. The van der Waals surface area contributed by atoms with E-state index >= 15 is 0 Å². The predicted octanol–water partition coefficient (Wildman–Crippen LogP) is 5.76. The molecule has 0 saturated heterocycles. The van der Waals surface area contributed by atoms with Crippen LogP contribution in [-0.4, -0.2) is 30.6 Å². The fraction of sp³-hybridized carbons (Fsp3) is 0.385. The van der Waals surface area contributed by atoms with Gasteiger partial charge < -0.3 is 14.8 Å². The lowest BCUT2D eigenvalue weighted by atomic mass is 9.78. The number of thiazole rings is 1. The number of nitrogens with one attached hydrogen (secondary N) is 1. The topological polar surface area (TPSA) is 60.5 Å². The Morgan fingerprint density at radius 3 is 2.70 bits per heavy atom. The van der Waals surface area contributed by atoms with Crippen molar-refractivity contribution < 1.29 is 14.3 Å². The Balaban J connectivity index is 1.30. The van der Waals surface area contributed by atoms with E-state index in [4.69, 9.17) is 9.47 Å².